The van der Waals surface area contributed by atoms with Crippen molar-refractivity contribution in [1.82, 2.24) is 0 Å². The van der Waals surface area contributed by atoms with Gasteiger partial charge >= 0.3 is 0 Å². The summed E-state index contributed by atoms with van der Waals surface area (Å²) in [6.07, 6.45) is 16.8. The van der Waals surface area contributed by atoms with Gasteiger partial charge < -0.3 is 5.73 Å². The molecule has 0 aromatic carbocycles. The summed E-state index contributed by atoms with van der Waals surface area (Å²) in [4.78, 5) is 0. The lowest BCUT2D eigenvalue weighted by molar-refractivity contribution is 0.456. The van der Waals surface area contributed by atoms with Crippen molar-refractivity contribution in [1.29, 1.82) is 0 Å². The maximum Gasteiger partial charge on any atom is 0.0109 e. The average molecular weight is 285 g/mol. The highest BCUT2D eigenvalue weighted by Gasteiger charge is 2.23. The number of hydrogen-bond acceptors (Lipinski definition) is 1. The minimum atomic E-state index is 0.246. The Bertz CT molecular complexity index is 496. The van der Waals surface area contributed by atoms with E-state index in [-0.39, 0.29) is 5.41 Å². The molecule has 0 aromatic rings. The molecule has 0 aromatic heterocycles. The molecule has 116 valence electrons. The van der Waals surface area contributed by atoms with Gasteiger partial charge in [0, 0.05) is 6.54 Å². The van der Waals surface area contributed by atoms with Crippen molar-refractivity contribution in [3.05, 3.63) is 58.7 Å². The van der Waals surface area contributed by atoms with Crippen LogP contribution in [0.1, 0.15) is 53.9 Å². The molecule has 0 heterocycles. The topological polar surface area (TPSA) is 26.0 Å². The van der Waals surface area contributed by atoms with Crippen LogP contribution >= 0.6 is 0 Å². The maximum atomic E-state index is 5.52. The standard InChI is InChI=1S/C20H31N/c1-16(8-6-9-17(2)13-15-21)11-12-19-18(3)10-7-14-20(19,4)5/h7-8,10-13H,6,9,14-15,21H2,1-5H3/b12-11+,16-8+,17-13+. The van der Waals surface area contributed by atoms with Crippen LogP contribution in [0.5, 0.6) is 0 Å². The lowest BCUT2D eigenvalue weighted by Crippen LogP contribution is -2.16. The average Bonchev–Trinajstić information content (AvgIpc) is 2.37. The molecule has 21 heavy (non-hydrogen) atoms. The fourth-order valence-corrected chi connectivity index (χ4v) is 2.73. The first kappa shape index (κ1) is 17.7. The minimum Gasteiger partial charge on any atom is -0.327 e. The number of hydrogen-bond donors (Lipinski definition) is 1. The second-order valence-electron chi connectivity index (χ2n) is 6.69. The molecule has 0 saturated carbocycles. The quantitative estimate of drug-likeness (QED) is 0.508. The van der Waals surface area contributed by atoms with Crippen molar-refractivity contribution < 1.29 is 0 Å². The first-order valence-electron chi connectivity index (χ1n) is 7.95. The van der Waals surface area contributed by atoms with Gasteiger partial charge in [0.25, 0.3) is 0 Å². The summed E-state index contributed by atoms with van der Waals surface area (Å²) in [7, 11) is 0. The summed E-state index contributed by atoms with van der Waals surface area (Å²) in [5, 5.41) is 0. The normalized spacial score (nSPS) is 19.7. The zero-order chi connectivity index (χ0) is 15.9. The fraction of sp³-hybridized carbons (Fsp3) is 0.500. The molecule has 0 spiro atoms. The van der Waals surface area contributed by atoms with Crippen LogP contribution in [0.25, 0.3) is 0 Å². The Labute approximate surface area is 131 Å². The predicted octanol–water partition coefficient (Wildman–Crippen LogP) is 5.48. The largest absolute Gasteiger partial charge is 0.327 e. The maximum absolute atomic E-state index is 5.52. The van der Waals surface area contributed by atoms with E-state index in [1.54, 1.807) is 0 Å². The van der Waals surface area contributed by atoms with E-state index in [1.807, 2.05) is 0 Å². The van der Waals surface area contributed by atoms with Gasteiger partial charge in [-0.25, -0.2) is 0 Å². The third-order valence-corrected chi connectivity index (χ3v) is 4.13. The van der Waals surface area contributed by atoms with Crippen LogP contribution < -0.4 is 5.73 Å². The Morgan fingerprint density at radius 3 is 2.62 bits per heavy atom. The molecule has 2 N–H and O–H groups in total. The summed E-state index contributed by atoms with van der Waals surface area (Å²) in [5.74, 6) is 0. The monoisotopic (exact) mass is 285 g/mol. The number of allylic oxidation sites excluding steroid dienone is 9. The summed E-state index contributed by atoms with van der Waals surface area (Å²) >= 11 is 0. The Hall–Kier alpha value is -1.34. The molecule has 0 bridgehead atoms. The molecule has 0 amide bonds. The third-order valence-electron chi connectivity index (χ3n) is 4.13. The molecular weight excluding hydrogens is 254 g/mol. The highest BCUT2D eigenvalue weighted by Crippen LogP contribution is 2.37. The van der Waals surface area contributed by atoms with Gasteiger partial charge in [0.2, 0.25) is 0 Å². The van der Waals surface area contributed by atoms with Gasteiger partial charge in [-0.1, -0.05) is 61.4 Å². The van der Waals surface area contributed by atoms with Crippen LogP contribution in [-0.2, 0) is 0 Å². The third kappa shape index (κ3) is 5.89. The number of rotatable bonds is 6. The van der Waals surface area contributed by atoms with Gasteiger partial charge in [0.1, 0.15) is 0 Å². The van der Waals surface area contributed by atoms with Crippen LogP contribution in [0.2, 0.25) is 0 Å². The molecule has 0 unspecified atom stereocenters. The SMILES string of the molecule is CC1=C(/C=C/C(C)=C/CC/C(C)=C/CN)C(C)(C)CC=C1. The van der Waals surface area contributed by atoms with Crippen molar-refractivity contribution in [3.8, 4) is 0 Å². The smallest absolute Gasteiger partial charge is 0.0109 e. The van der Waals surface area contributed by atoms with Crippen molar-refractivity contribution in [2.75, 3.05) is 6.54 Å². The highest BCUT2D eigenvalue weighted by molar-refractivity contribution is 5.41. The van der Waals surface area contributed by atoms with Crippen molar-refractivity contribution in [2.45, 2.75) is 53.9 Å². The number of nitrogens with two attached hydrogens (primary N) is 1. The van der Waals surface area contributed by atoms with Gasteiger partial charge in [0.15, 0.2) is 0 Å². The van der Waals surface area contributed by atoms with Gasteiger partial charge in [-0.2, -0.15) is 0 Å². The Kier molecular flexibility index (Phi) is 6.91. The summed E-state index contributed by atoms with van der Waals surface area (Å²) in [5.41, 5.74) is 11.3. The summed E-state index contributed by atoms with van der Waals surface area (Å²) in [6, 6.07) is 0. The fourth-order valence-electron chi connectivity index (χ4n) is 2.73. The Balaban J connectivity index is 2.67. The van der Waals surface area contributed by atoms with Crippen LogP contribution in [0.15, 0.2) is 58.7 Å². The second-order valence-corrected chi connectivity index (χ2v) is 6.69. The van der Waals surface area contributed by atoms with E-state index in [0.717, 1.165) is 19.3 Å². The second kappa shape index (κ2) is 8.19. The molecule has 0 aliphatic heterocycles. The lowest BCUT2D eigenvalue weighted by Gasteiger charge is -2.29. The van der Waals surface area contributed by atoms with Gasteiger partial charge in [0.05, 0.1) is 0 Å². The first-order chi connectivity index (χ1) is 9.86. The minimum absolute atomic E-state index is 0.246. The molecule has 1 nitrogen and oxygen atoms in total. The van der Waals surface area contributed by atoms with E-state index in [9.17, 15) is 0 Å². The Morgan fingerprint density at radius 1 is 1.29 bits per heavy atom. The zero-order valence-electron chi connectivity index (χ0n) is 14.4. The molecule has 1 heteroatoms. The molecule has 1 aliphatic carbocycles. The van der Waals surface area contributed by atoms with Crippen molar-refractivity contribution in [3.63, 3.8) is 0 Å². The molecule has 1 aliphatic rings. The van der Waals surface area contributed by atoms with E-state index in [0.29, 0.717) is 6.54 Å². The molecule has 0 atom stereocenters. The Morgan fingerprint density at radius 2 is 2.00 bits per heavy atom. The van der Waals surface area contributed by atoms with Crippen molar-refractivity contribution >= 4 is 0 Å². The summed E-state index contributed by atoms with van der Waals surface area (Å²) in [6.45, 7) is 11.8. The summed E-state index contributed by atoms with van der Waals surface area (Å²) < 4.78 is 0. The van der Waals surface area contributed by atoms with E-state index in [4.69, 9.17) is 5.73 Å². The first-order valence-corrected chi connectivity index (χ1v) is 7.95. The van der Waals surface area contributed by atoms with Gasteiger partial charge in [-0.15, -0.1) is 0 Å². The van der Waals surface area contributed by atoms with E-state index < -0.39 is 0 Å². The van der Waals surface area contributed by atoms with E-state index in [2.05, 4.69) is 71.1 Å². The highest BCUT2D eigenvalue weighted by atomic mass is 14.5. The van der Waals surface area contributed by atoms with Crippen LogP contribution in [0, 0.1) is 5.41 Å². The molecular formula is C20H31N. The molecule has 0 fully saturated rings. The van der Waals surface area contributed by atoms with E-state index >= 15 is 0 Å². The van der Waals surface area contributed by atoms with Crippen LogP contribution in [0.4, 0.5) is 0 Å². The van der Waals surface area contributed by atoms with Gasteiger partial charge in [-0.3, -0.25) is 0 Å². The van der Waals surface area contributed by atoms with Crippen molar-refractivity contribution in [2.24, 2.45) is 11.1 Å². The van der Waals surface area contributed by atoms with Gasteiger partial charge in [-0.05, 0) is 56.6 Å². The molecule has 0 radical (unpaired) electrons. The van der Waals surface area contributed by atoms with Crippen LogP contribution in [-0.4, -0.2) is 6.54 Å². The lowest BCUT2D eigenvalue weighted by atomic mass is 9.75. The predicted molar refractivity (Wildman–Crippen MR) is 95.2 cm³/mol. The molecule has 1 rings (SSSR count). The van der Waals surface area contributed by atoms with Crippen LogP contribution in [0.3, 0.4) is 0 Å². The molecule has 0 saturated heterocycles. The van der Waals surface area contributed by atoms with E-state index in [1.165, 1.54) is 22.3 Å². The zero-order valence-corrected chi connectivity index (χ0v) is 14.4.